The zero-order valence-corrected chi connectivity index (χ0v) is 15.3. The standard InChI is InChI=1S/C14H29O5PS/c1-5-9-10-21-13(11-14(15)17-6-2)12-20(16,18-7-3)19-8-4/h13H,5-12H2,1-4H3. The second kappa shape index (κ2) is 12.5. The van der Waals surface area contributed by atoms with Gasteiger partial charge in [0.05, 0.1) is 32.4 Å². The van der Waals surface area contributed by atoms with Crippen molar-refractivity contribution in [2.75, 3.05) is 31.7 Å². The summed E-state index contributed by atoms with van der Waals surface area (Å²) in [4.78, 5) is 11.7. The molecule has 0 radical (unpaired) electrons. The van der Waals surface area contributed by atoms with Gasteiger partial charge in [-0.25, -0.2) is 0 Å². The van der Waals surface area contributed by atoms with Crippen LogP contribution in [0.25, 0.3) is 0 Å². The van der Waals surface area contributed by atoms with Crippen molar-refractivity contribution in [1.82, 2.24) is 0 Å². The first-order valence-electron chi connectivity index (χ1n) is 7.66. The van der Waals surface area contributed by atoms with Gasteiger partial charge in [0.2, 0.25) is 0 Å². The lowest BCUT2D eigenvalue weighted by Gasteiger charge is -2.22. The molecule has 21 heavy (non-hydrogen) atoms. The number of carbonyl (C=O) groups excluding carboxylic acids is 1. The van der Waals surface area contributed by atoms with Crippen molar-refractivity contribution in [2.45, 2.75) is 52.2 Å². The zero-order chi connectivity index (χ0) is 16.1. The van der Waals surface area contributed by atoms with Crippen LogP contribution in [0.2, 0.25) is 0 Å². The second-order valence-corrected chi connectivity index (χ2v) is 8.00. The average molecular weight is 340 g/mol. The molecule has 0 bridgehead atoms. The molecule has 0 spiro atoms. The molecular weight excluding hydrogens is 311 g/mol. The molecule has 0 fully saturated rings. The second-order valence-electron chi connectivity index (χ2n) is 4.48. The van der Waals surface area contributed by atoms with Gasteiger partial charge in [-0.2, -0.15) is 11.8 Å². The number of thioether (sulfide) groups is 1. The third kappa shape index (κ3) is 10.3. The maximum Gasteiger partial charge on any atom is 0.331 e. The Balaban J connectivity index is 4.66. The van der Waals surface area contributed by atoms with Gasteiger partial charge < -0.3 is 13.8 Å². The van der Waals surface area contributed by atoms with E-state index in [1.54, 1.807) is 32.5 Å². The highest BCUT2D eigenvalue weighted by Crippen LogP contribution is 2.50. The smallest absolute Gasteiger partial charge is 0.331 e. The van der Waals surface area contributed by atoms with Gasteiger partial charge in [-0.3, -0.25) is 9.36 Å². The van der Waals surface area contributed by atoms with Crippen molar-refractivity contribution in [3.63, 3.8) is 0 Å². The SMILES string of the molecule is CCCCSC(CC(=O)OCC)CP(=O)(OCC)OCC. The van der Waals surface area contributed by atoms with E-state index in [1.807, 2.05) is 0 Å². The van der Waals surface area contributed by atoms with Crippen LogP contribution in [0.5, 0.6) is 0 Å². The third-order valence-corrected chi connectivity index (χ3v) is 6.40. The molecule has 0 N–H and O–H groups in total. The summed E-state index contributed by atoms with van der Waals surface area (Å²) in [5.41, 5.74) is 0. The van der Waals surface area contributed by atoms with E-state index in [-0.39, 0.29) is 23.8 Å². The number of hydrogen-bond acceptors (Lipinski definition) is 6. The van der Waals surface area contributed by atoms with Gasteiger partial charge in [-0.1, -0.05) is 13.3 Å². The zero-order valence-electron chi connectivity index (χ0n) is 13.6. The van der Waals surface area contributed by atoms with Gasteiger partial charge in [0, 0.05) is 5.25 Å². The number of unbranched alkanes of at least 4 members (excludes halogenated alkanes) is 1. The third-order valence-electron chi connectivity index (χ3n) is 2.63. The topological polar surface area (TPSA) is 61.8 Å². The predicted molar refractivity (Wildman–Crippen MR) is 88.1 cm³/mol. The summed E-state index contributed by atoms with van der Waals surface area (Å²) in [6.07, 6.45) is 2.65. The number of rotatable bonds is 13. The van der Waals surface area contributed by atoms with Gasteiger partial charge in [-0.05, 0) is 32.9 Å². The predicted octanol–water partition coefficient (Wildman–Crippen LogP) is 4.11. The van der Waals surface area contributed by atoms with Crippen LogP contribution in [0.15, 0.2) is 0 Å². The molecule has 1 atom stereocenters. The molecule has 0 aliphatic rings. The first kappa shape index (κ1) is 21.0. The van der Waals surface area contributed by atoms with Crippen LogP contribution in [0.1, 0.15) is 47.0 Å². The van der Waals surface area contributed by atoms with Crippen molar-refractivity contribution in [3.05, 3.63) is 0 Å². The molecule has 0 heterocycles. The summed E-state index contributed by atoms with van der Waals surface area (Å²) >= 11 is 1.65. The van der Waals surface area contributed by atoms with Crippen LogP contribution >= 0.6 is 19.4 Å². The molecule has 1 unspecified atom stereocenters. The van der Waals surface area contributed by atoms with Crippen LogP contribution in [-0.4, -0.2) is 43.0 Å². The maximum absolute atomic E-state index is 12.6. The van der Waals surface area contributed by atoms with Crippen LogP contribution in [0, 0.1) is 0 Å². The van der Waals surface area contributed by atoms with Crippen LogP contribution < -0.4 is 0 Å². The molecule has 0 amide bonds. The van der Waals surface area contributed by atoms with E-state index in [4.69, 9.17) is 13.8 Å². The van der Waals surface area contributed by atoms with E-state index in [0.717, 1.165) is 18.6 Å². The molecule has 0 rings (SSSR count). The normalized spacial score (nSPS) is 13.1. The highest BCUT2D eigenvalue weighted by molar-refractivity contribution is 8.00. The fourth-order valence-electron chi connectivity index (χ4n) is 1.76. The van der Waals surface area contributed by atoms with Crippen molar-refractivity contribution >= 4 is 25.3 Å². The van der Waals surface area contributed by atoms with E-state index in [0.29, 0.717) is 19.8 Å². The summed E-state index contributed by atoms with van der Waals surface area (Å²) in [6.45, 7) is 8.51. The van der Waals surface area contributed by atoms with Gasteiger partial charge >= 0.3 is 13.6 Å². The Bertz CT molecular complexity index is 314. The Morgan fingerprint density at radius 1 is 1.10 bits per heavy atom. The lowest BCUT2D eigenvalue weighted by molar-refractivity contribution is -0.142. The summed E-state index contributed by atoms with van der Waals surface area (Å²) in [6, 6.07) is 0. The molecule has 5 nitrogen and oxygen atoms in total. The number of ether oxygens (including phenoxy) is 1. The molecule has 0 aromatic rings. The number of esters is 1. The quantitative estimate of drug-likeness (QED) is 0.286. The Kier molecular flexibility index (Phi) is 12.5. The van der Waals surface area contributed by atoms with E-state index in [1.165, 1.54) is 0 Å². The van der Waals surface area contributed by atoms with Gasteiger partial charge in [0.15, 0.2) is 0 Å². The molecule has 7 heteroatoms. The van der Waals surface area contributed by atoms with Crippen molar-refractivity contribution in [1.29, 1.82) is 0 Å². The lowest BCUT2D eigenvalue weighted by Crippen LogP contribution is -2.19. The van der Waals surface area contributed by atoms with Gasteiger partial charge in [0.1, 0.15) is 0 Å². The summed E-state index contributed by atoms with van der Waals surface area (Å²) < 4.78 is 28.2. The molecule has 126 valence electrons. The van der Waals surface area contributed by atoms with Crippen molar-refractivity contribution in [3.8, 4) is 0 Å². The maximum atomic E-state index is 12.6. The van der Waals surface area contributed by atoms with Crippen LogP contribution in [0.3, 0.4) is 0 Å². The Hall–Kier alpha value is -0.0300. The number of carbonyl (C=O) groups is 1. The summed E-state index contributed by atoms with van der Waals surface area (Å²) in [7, 11) is -3.13. The molecule has 0 aliphatic heterocycles. The molecule has 0 saturated heterocycles. The Labute approximate surface area is 133 Å². The highest BCUT2D eigenvalue weighted by atomic mass is 32.2. The van der Waals surface area contributed by atoms with Gasteiger partial charge in [-0.15, -0.1) is 0 Å². The largest absolute Gasteiger partial charge is 0.466 e. The minimum atomic E-state index is -3.13. The van der Waals surface area contributed by atoms with E-state index in [2.05, 4.69) is 6.92 Å². The first-order valence-corrected chi connectivity index (χ1v) is 10.4. The monoisotopic (exact) mass is 340 g/mol. The fourth-order valence-corrected chi connectivity index (χ4v) is 5.47. The van der Waals surface area contributed by atoms with E-state index in [9.17, 15) is 9.36 Å². The van der Waals surface area contributed by atoms with Crippen LogP contribution in [-0.2, 0) is 23.1 Å². The minimum absolute atomic E-state index is 0.0977. The molecule has 0 aromatic heterocycles. The highest BCUT2D eigenvalue weighted by Gasteiger charge is 2.30. The summed E-state index contributed by atoms with van der Waals surface area (Å²) in [5.74, 6) is 0.671. The summed E-state index contributed by atoms with van der Waals surface area (Å²) in [5, 5.41) is -0.0977. The van der Waals surface area contributed by atoms with Crippen molar-refractivity contribution < 1.29 is 23.1 Å². The van der Waals surface area contributed by atoms with Crippen molar-refractivity contribution in [2.24, 2.45) is 0 Å². The minimum Gasteiger partial charge on any atom is -0.466 e. The first-order chi connectivity index (χ1) is 10.0. The van der Waals surface area contributed by atoms with Crippen LogP contribution in [0.4, 0.5) is 0 Å². The molecule has 0 aliphatic carbocycles. The molecular formula is C14H29O5PS. The van der Waals surface area contributed by atoms with E-state index >= 15 is 0 Å². The molecule has 0 aromatic carbocycles. The fraction of sp³-hybridized carbons (Fsp3) is 0.929. The lowest BCUT2D eigenvalue weighted by atomic mass is 10.3. The van der Waals surface area contributed by atoms with E-state index < -0.39 is 7.60 Å². The average Bonchev–Trinajstić information content (AvgIpc) is 2.39. The number of hydrogen-bond donors (Lipinski definition) is 0. The molecule has 0 saturated carbocycles. The Morgan fingerprint density at radius 3 is 2.19 bits per heavy atom. The Morgan fingerprint density at radius 2 is 1.71 bits per heavy atom. The van der Waals surface area contributed by atoms with Gasteiger partial charge in [0.25, 0.3) is 0 Å².